The van der Waals surface area contributed by atoms with E-state index in [0.29, 0.717) is 0 Å². The summed E-state index contributed by atoms with van der Waals surface area (Å²) in [5, 5.41) is 8.31. The van der Waals surface area contributed by atoms with E-state index in [1.807, 2.05) is 6.07 Å². The average Bonchev–Trinajstić information content (AvgIpc) is 1.99. The molecule has 0 radical (unpaired) electrons. The summed E-state index contributed by atoms with van der Waals surface area (Å²) in [6.45, 7) is 1.69. The van der Waals surface area contributed by atoms with Gasteiger partial charge in [-0.25, -0.2) is 0 Å². The third kappa shape index (κ3) is 6.41. The quantitative estimate of drug-likeness (QED) is 0.685. The Labute approximate surface area is 75.9 Å². The van der Waals surface area contributed by atoms with E-state index in [1.165, 1.54) is 4.90 Å². The van der Waals surface area contributed by atoms with Crippen LogP contribution in [0.4, 0.5) is 13.2 Å². The van der Waals surface area contributed by atoms with Gasteiger partial charge in [0.25, 0.3) is 0 Å². The first kappa shape index (κ1) is 12.2. The average molecular weight is 194 g/mol. The Morgan fingerprint density at radius 3 is 2.38 bits per heavy atom. The Morgan fingerprint density at radius 2 is 2.00 bits per heavy atom. The normalized spacial score (nSPS) is 14.2. The fourth-order valence-corrected chi connectivity index (χ4v) is 0.811. The maximum atomic E-state index is 11.8. The van der Waals surface area contributed by atoms with Gasteiger partial charge in [-0.05, 0) is 14.0 Å². The third-order valence-electron chi connectivity index (χ3n) is 1.89. The van der Waals surface area contributed by atoms with Gasteiger partial charge >= 0.3 is 6.18 Å². The maximum absolute atomic E-state index is 11.8. The Morgan fingerprint density at radius 1 is 1.46 bits per heavy atom. The summed E-state index contributed by atoms with van der Waals surface area (Å²) in [6, 6.07) is 1.80. The number of hydrogen-bond donors (Lipinski definition) is 0. The Kier molecular flexibility index (Phi) is 4.78. The molecule has 0 aromatic rings. The molecule has 76 valence electrons. The van der Waals surface area contributed by atoms with Crippen LogP contribution < -0.4 is 0 Å². The van der Waals surface area contributed by atoms with Crippen LogP contribution in [0.5, 0.6) is 0 Å². The molecule has 0 aliphatic carbocycles. The minimum absolute atomic E-state index is 0.0493. The summed E-state index contributed by atoms with van der Waals surface area (Å²) >= 11 is 0. The number of halogens is 3. The number of nitriles is 1. The molecule has 0 amide bonds. The highest BCUT2D eigenvalue weighted by Gasteiger charge is 2.27. The molecule has 0 rings (SSSR count). The lowest BCUT2D eigenvalue weighted by Crippen LogP contribution is -2.32. The second-order valence-electron chi connectivity index (χ2n) is 3.06. The Balaban J connectivity index is 3.75. The number of alkyl halides is 3. The zero-order valence-corrected chi connectivity index (χ0v) is 7.73. The molecular formula is C8H13F3N2. The molecule has 1 atom stereocenters. The van der Waals surface area contributed by atoms with Crippen LogP contribution in [-0.4, -0.2) is 30.7 Å². The van der Waals surface area contributed by atoms with Crippen molar-refractivity contribution >= 4 is 0 Å². The van der Waals surface area contributed by atoms with Crippen molar-refractivity contribution in [2.75, 3.05) is 13.6 Å². The third-order valence-corrected chi connectivity index (χ3v) is 1.89. The predicted octanol–water partition coefficient (Wildman–Crippen LogP) is 2.17. The lowest BCUT2D eigenvalue weighted by atomic mass is 10.2. The van der Waals surface area contributed by atoms with Gasteiger partial charge in [0, 0.05) is 12.6 Å². The van der Waals surface area contributed by atoms with Crippen molar-refractivity contribution in [2.45, 2.75) is 32.0 Å². The van der Waals surface area contributed by atoms with Gasteiger partial charge in [0.2, 0.25) is 0 Å². The molecular weight excluding hydrogens is 181 g/mol. The van der Waals surface area contributed by atoms with Gasteiger partial charge in [-0.3, -0.25) is 0 Å². The summed E-state index contributed by atoms with van der Waals surface area (Å²) in [4.78, 5) is 1.54. The second-order valence-corrected chi connectivity index (χ2v) is 3.06. The fourth-order valence-electron chi connectivity index (χ4n) is 0.811. The van der Waals surface area contributed by atoms with Gasteiger partial charge in [0.15, 0.2) is 0 Å². The first-order valence-electron chi connectivity index (χ1n) is 4.00. The van der Waals surface area contributed by atoms with Crippen LogP contribution in [0.3, 0.4) is 0 Å². The summed E-state index contributed by atoms with van der Waals surface area (Å²) in [5.41, 5.74) is 0. The number of nitrogens with zero attached hydrogens (tertiary/aromatic N) is 2. The fraction of sp³-hybridized carbons (Fsp3) is 0.875. The van der Waals surface area contributed by atoms with Gasteiger partial charge in [-0.2, -0.15) is 18.4 Å². The van der Waals surface area contributed by atoms with Crippen molar-refractivity contribution in [3.63, 3.8) is 0 Å². The van der Waals surface area contributed by atoms with Crippen LogP contribution in [0.2, 0.25) is 0 Å². The van der Waals surface area contributed by atoms with Crippen LogP contribution in [0, 0.1) is 11.3 Å². The molecule has 0 aliphatic heterocycles. The van der Waals surface area contributed by atoms with Gasteiger partial charge in [0.05, 0.1) is 18.9 Å². The summed E-state index contributed by atoms with van der Waals surface area (Å²) in [5.74, 6) is 0. The van der Waals surface area contributed by atoms with Crippen molar-refractivity contribution in [2.24, 2.45) is 0 Å². The Hall–Kier alpha value is -0.760. The zero-order chi connectivity index (χ0) is 10.5. The highest BCUT2D eigenvalue weighted by Crippen LogP contribution is 2.20. The number of rotatable bonds is 4. The lowest BCUT2D eigenvalue weighted by Gasteiger charge is -2.22. The largest absolute Gasteiger partial charge is 0.390 e. The van der Waals surface area contributed by atoms with E-state index in [0.717, 1.165) is 0 Å². The topological polar surface area (TPSA) is 27.0 Å². The lowest BCUT2D eigenvalue weighted by molar-refractivity contribution is -0.138. The van der Waals surface area contributed by atoms with Gasteiger partial charge in [-0.1, -0.05) is 0 Å². The summed E-state index contributed by atoms with van der Waals surface area (Å²) < 4.78 is 35.3. The van der Waals surface area contributed by atoms with Crippen molar-refractivity contribution < 1.29 is 13.2 Å². The van der Waals surface area contributed by atoms with Gasteiger partial charge in [-0.15, -0.1) is 0 Å². The zero-order valence-electron chi connectivity index (χ0n) is 7.73. The van der Waals surface area contributed by atoms with Crippen LogP contribution in [-0.2, 0) is 0 Å². The molecule has 5 heteroatoms. The first-order valence-corrected chi connectivity index (χ1v) is 4.00. The predicted molar refractivity (Wildman–Crippen MR) is 43.0 cm³/mol. The molecule has 0 fully saturated rings. The molecule has 1 unspecified atom stereocenters. The molecule has 0 saturated heterocycles. The van der Waals surface area contributed by atoms with Gasteiger partial charge in [0.1, 0.15) is 0 Å². The standard InChI is InChI=1S/C8H13F3N2/c1-7(3-5-12)13(2)6-4-8(9,10)11/h7H,3-4,6H2,1-2H3. The molecule has 0 aliphatic rings. The minimum Gasteiger partial charge on any atom is -0.302 e. The van der Waals surface area contributed by atoms with Gasteiger partial charge < -0.3 is 4.90 Å². The summed E-state index contributed by atoms with van der Waals surface area (Å²) in [7, 11) is 1.59. The molecule has 0 heterocycles. The summed E-state index contributed by atoms with van der Waals surface area (Å²) in [6.07, 6.45) is -4.67. The van der Waals surface area contributed by atoms with Crippen molar-refractivity contribution in [1.29, 1.82) is 5.26 Å². The van der Waals surface area contributed by atoms with Crippen LogP contribution in [0.1, 0.15) is 19.8 Å². The van der Waals surface area contributed by atoms with Crippen molar-refractivity contribution in [1.82, 2.24) is 4.90 Å². The van der Waals surface area contributed by atoms with E-state index in [4.69, 9.17) is 5.26 Å². The van der Waals surface area contributed by atoms with Crippen molar-refractivity contribution in [3.05, 3.63) is 0 Å². The molecule has 0 spiro atoms. The van der Waals surface area contributed by atoms with Crippen LogP contribution in [0.25, 0.3) is 0 Å². The van der Waals surface area contributed by atoms with E-state index in [-0.39, 0.29) is 19.0 Å². The smallest absolute Gasteiger partial charge is 0.302 e. The monoisotopic (exact) mass is 194 g/mol. The Bertz CT molecular complexity index is 183. The maximum Gasteiger partial charge on any atom is 0.390 e. The van der Waals surface area contributed by atoms with Crippen LogP contribution >= 0.6 is 0 Å². The van der Waals surface area contributed by atoms with E-state index in [2.05, 4.69) is 0 Å². The molecule has 0 aromatic carbocycles. The molecule has 2 nitrogen and oxygen atoms in total. The SMILES string of the molecule is CC(CC#N)N(C)CCC(F)(F)F. The first-order chi connectivity index (χ1) is 5.87. The second kappa shape index (κ2) is 5.07. The number of hydrogen-bond acceptors (Lipinski definition) is 2. The molecule has 13 heavy (non-hydrogen) atoms. The van der Waals surface area contributed by atoms with Crippen LogP contribution in [0.15, 0.2) is 0 Å². The van der Waals surface area contributed by atoms with E-state index in [1.54, 1.807) is 14.0 Å². The molecule has 0 aromatic heterocycles. The molecule has 0 N–H and O–H groups in total. The van der Waals surface area contributed by atoms with E-state index < -0.39 is 12.6 Å². The minimum atomic E-state index is -4.11. The molecule has 0 saturated carbocycles. The van der Waals surface area contributed by atoms with E-state index in [9.17, 15) is 13.2 Å². The highest BCUT2D eigenvalue weighted by molar-refractivity contribution is 4.78. The van der Waals surface area contributed by atoms with Crippen molar-refractivity contribution in [3.8, 4) is 6.07 Å². The van der Waals surface area contributed by atoms with E-state index >= 15 is 0 Å². The highest BCUT2D eigenvalue weighted by atomic mass is 19.4. The molecule has 0 bridgehead atoms.